The Balaban J connectivity index is 1.63. The van der Waals surface area contributed by atoms with Gasteiger partial charge in [0.05, 0.1) is 11.4 Å². The van der Waals surface area contributed by atoms with E-state index >= 15 is 0 Å². The third kappa shape index (κ3) is 4.27. The van der Waals surface area contributed by atoms with Gasteiger partial charge in [-0.3, -0.25) is 9.48 Å². The van der Waals surface area contributed by atoms with Crippen molar-refractivity contribution in [3.05, 3.63) is 64.7 Å². The van der Waals surface area contributed by atoms with E-state index in [0.717, 1.165) is 51.4 Å². The Morgan fingerprint density at radius 2 is 1.64 bits per heavy atom. The molecule has 0 atom stereocenters. The van der Waals surface area contributed by atoms with Crippen LogP contribution in [0.5, 0.6) is 0 Å². The van der Waals surface area contributed by atoms with E-state index in [1.165, 1.54) is 5.56 Å². The fourth-order valence-electron chi connectivity index (χ4n) is 4.43. The summed E-state index contributed by atoms with van der Waals surface area (Å²) < 4.78 is 3.73. The summed E-state index contributed by atoms with van der Waals surface area (Å²) in [5, 5.41) is 10.3. The standard InChI is InChI=1S/C26H32N6O/c1-7-30(15-23-18(4)28-31(8-2)20(23)6)24(33)16-32-26-25(19(5)29-32)22(13-14-27-26)21-11-9-17(3)10-12-21/h9-14H,7-8,15-16H2,1-6H3. The highest BCUT2D eigenvalue weighted by molar-refractivity contribution is 5.95. The summed E-state index contributed by atoms with van der Waals surface area (Å²) in [5.41, 5.74) is 8.25. The first-order valence-electron chi connectivity index (χ1n) is 11.5. The molecule has 0 N–H and O–H groups in total. The number of hydrogen-bond acceptors (Lipinski definition) is 4. The molecule has 0 saturated carbocycles. The summed E-state index contributed by atoms with van der Waals surface area (Å²) in [5.74, 6) is 0.0208. The highest BCUT2D eigenvalue weighted by atomic mass is 16.2. The maximum Gasteiger partial charge on any atom is 0.244 e. The largest absolute Gasteiger partial charge is 0.337 e. The number of rotatable bonds is 7. The van der Waals surface area contributed by atoms with Crippen LogP contribution in [0.2, 0.25) is 0 Å². The monoisotopic (exact) mass is 444 g/mol. The van der Waals surface area contributed by atoms with Gasteiger partial charge in [0.25, 0.3) is 0 Å². The van der Waals surface area contributed by atoms with Crippen LogP contribution in [0, 0.1) is 27.7 Å². The van der Waals surface area contributed by atoms with Gasteiger partial charge in [-0.1, -0.05) is 29.8 Å². The molecule has 0 aliphatic carbocycles. The van der Waals surface area contributed by atoms with Crippen LogP contribution in [0.25, 0.3) is 22.2 Å². The van der Waals surface area contributed by atoms with Gasteiger partial charge in [0.2, 0.25) is 5.91 Å². The topological polar surface area (TPSA) is 68.8 Å². The fourth-order valence-corrected chi connectivity index (χ4v) is 4.43. The predicted molar refractivity (Wildman–Crippen MR) is 131 cm³/mol. The lowest BCUT2D eigenvalue weighted by atomic mass is 10.0. The van der Waals surface area contributed by atoms with Crippen molar-refractivity contribution in [3.63, 3.8) is 0 Å². The van der Waals surface area contributed by atoms with Crippen LogP contribution < -0.4 is 0 Å². The molecule has 33 heavy (non-hydrogen) atoms. The minimum Gasteiger partial charge on any atom is -0.337 e. The van der Waals surface area contributed by atoms with Crippen molar-refractivity contribution in [3.8, 4) is 11.1 Å². The number of nitrogens with zero attached hydrogens (tertiary/aromatic N) is 6. The third-order valence-corrected chi connectivity index (χ3v) is 6.37. The molecule has 3 aromatic heterocycles. The quantitative estimate of drug-likeness (QED) is 0.418. The molecule has 0 bridgehead atoms. The van der Waals surface area contributed by atoms with Crippen molar-refractivity contribution in [2.45, 2.75) is 61.2 Å². The number of carbonyl (C=O) groups is 1. The second-order valence-corrected chi connectivity index (χ2v) is 8.54. The van der Waals surface area contributed by atoms with E-state index < -0.39 is 0 Å². The second kappa shape index (κ2) is 9.17. The number of carbonyl (C=O) groups excluding carboxylic acids is 1. The lowest BCUT2D eigenvalue weighted by Gasteiger charge is -2.21. The van der Waals surface area contributed by atoms with Crippen molar-refractivity contribution in [2.75, 3.05) is 6.54 Å². The Hall–Kier alpha value is -3.48. The molecule has 3 heterocycles. The smallest absolute Gasteiger partial charge is 0.244 e. The molecule has 1 aromatic carbocycles. The second-order valence-electron chi connectivity index (χ2n) is 8.54. The van der Waals surface area contributed by atoms with Gasteiger partial charge in [-0.25, -0.2) is 9.67 Å². The Bertz CT molecular complexity index is 1300. The number of hydrogen-bond donors (Lipinski definition) is 0. The molecule has 1 amide bonds. The van der Waals surface area contributed by atoms with Crippen molar-refractivity contribution in [1.82, 2.24) is 29.4 Å². The average molecular weight is 445 g/mol. The lowest BCUT2D eigenvalue weighted by molar-refractivity contribution is -0.132. The Kier molecular flexibility index (Phi) is 6.31. The average Bonchev–Trinajstić information content (AvgIpc) is 3.27. The van der Waals surface area contributed by atoms with Gasteiger partial charge in [0.15, 0.2) is 5.65 Å². The molecule has 172 valence electrons. The molecule has 0 unspecified atom stereocenters. The summed E-state index contributed by atoms with van der Waals surface area (Å²) in [6, 6.07) is 10.5. The first-order chi connectivity index (χ1) is 15.8. The minimum absolute atomic E-state index is 0.0208. The van der Waals surface area contributed by atoms with Crippen LogP contribution in [0.15, 0.2) is 36.5 Å². The predicted octanol–water partition coefficient (Wildman–Crippen LogP) is 4.60. The molecular weight excluding hydrogens is 412 g/mol. The summed E-state index contributed by atoms with van der Waals surface area (Å²) >= 11 is 0. The number of benzene rings is 1. The van der Waals surface area contributed by atoms with E-state index in [9.17, 15) is 4.79 Å². The third-order valence-electron chi connectivity index (χ3n) is 6.37. The highest BCUT2D eigenvalue weighted by Crippen LogP contribution is 2.30. The fraction of sp³-hybridized carbons (Fsp3) is 0.385. The van der Waals surface area contributed by atoms with Crippen molar-refractivity contribution in [1.29, 1.82) is 0 Å². The van der Waals surface area contributed by atoms with Crippen LogP contribution in [-0.4, -0.2) is 41.9 Å². The van der Waals surface area contributed by atoms with Crippen LogP contribution in [0.3, 0.4) is 0 Å². The van der Waals surface area contributed by atoms with Crippen molar-refractivity contribution >= 4 is 16.9 Å². The highest BCUT2D eigenvalue weighted by Gasteiger charge is 2.21. The number of fused-ring (bicyclic) bond motifs is 1. The molecule has 0 fully saturated rings. The Morgan fingerprint density at radius 1 is 0.939 bits per heavy atom. The lowest BCUT2D eigenvalue weighted by Crippen LogP contribution is -2.34. The van der Waals surface area contributed by atoms with E-state index in [0.29, 0.717) is 13.1 Å². The molecule has 7 nitrogen and oxygen atoms in total. The van der Waals surface area contributed by atoms with Gasteiger partial charge < -0.3 is 4.90 Å². The molecule has 0 aliphatic rings. The van der Waals surface area contributed by atoms with Crippen molar-refractivity contribution in [2.24, 2.45) is 0 Å². The Labute approximate surface area is 195 Å². The maximum absolute atomic E-state index is 13.3. The summed E-state index contributed by atoms with van der Waals surface area (Å²) in [4.78, 5) is 19.8. The van der Waals surface area contributed by atoms with Crippen LogP contribution >= 0.6 is 0 Å². The first kappa shape index (κ1) is 22.7. The minimum atomic E-state index is 0.0208. The van der Waals surface area contributed by atoms with Gasteiger partial charge >= 0.3 is 0 Å². The van der Waals surface area contributed by atoms with Crippen molar-refractivity contribution < 1.29 is 4.79 Å². The van der Waals surface area contributed by atoms with E-state index in [2.05, 4.69) is 55.1 Å². The number of pyridine rings is 1. The van der Waals surface area contributed by atoms with Gasteiger partial charge in [0.1, 0.15) is 6.54 Å². The SMILES string of the molecule is CCN(Cc1c(C)nn(CC)c1C)C(=O)Cn1nc(C)c2c(-c3ccc(C)cc3)ccnc21. The number of aryl methyl sites for hydroxylation is 4. The zero-order valence-electron chi connectivity index (χ0n) is 20.4. The molecule has 4 aromatic rings. The van der Waals surface area contributed by atoms with E-state index in [1.54, 1.807) is 10.9 Å². The van der Waals surface area contributed by atoms with Crippen LogP contribution in [-0.2, 0) is 24.4 Å². The first-order valence-corrected chi connectivity index (χ1v) is 11.5. The normalized spacial score (nSPS) is 11.3. The van der Waals surface area contributed by atoms with Gasteiger partial charge in [-0.05, 0) is 58.7 Å². The number of amides is 1. The zero-order chi connectivity index (χ0) is 23.7. The molecular formula is C26H32N6O. The van der Waals surface area contributed by atoms with Gasteiger partial charge in [0, 0.05) is 42.5 Å². The number of aromatic nitrogens is 5. The Morgan fingerprint density at radius 3 is 2.27 bits per heavy atom. The number of likely N-dealkylation sites (N-methyl/N-ethyl adjacent to an activating group) is 1. The van der Waals surface area contributed by atoms with Crippen LogP contribution in [0.4, 0.5) is 0 Å². The van der Waals surface area contributed by atoms with Gasteiger partial charge in [-0.15, -0.1) is 0 Å². The molecule has 0 aliphatic heterocycles. The molecule has 0 saturated heterocycles. The van der Waals surface area contributed by atoms with Crippen LogP contribution in [0.1, 0.15) is 42.1 Å². The van der Waals surface area contributed by atoms with E-state index in [4.69, 9.17) is 5.10 Å². The summed E-state index contributed by atoms with van der Waals surface area (Å²) in [7, 11) is 0. The van der Waals surface area contributed by atoms with E-state index in [-0.39, 0.29) is 12.5 Å². The molecule has 0 radical (unpaired) electrons. The molecule has 4 rings (SSSR count). The molecule has 0 spiro atoms. The van der Waals surface area contributed by atoms with E-state index in [1.807, 2.05) is 36.4 Å². The zero-order valence-corrected chi connectivity index (χ0v) is 20.4. The van der Waals surface area contributed by atoms with Gasteiger partial charge in [-0.2, -0.15) is 10.2 Å². The summed E-state index contributed by atoms with van der Waals surface area (Å²) in [6.07, 6.45) is 1.79. The molecule has 7 heteroatoms. The summed E-state index contributed by atoms with van der Waals surface area (Å²) in [6.45, 7) is 14.4. The maximum atomic E-state index is 13.3.